The lowest BCUT2D eigenvalue weighted by Crippen LogP contribution is -2.26. The summed E-state index contributed by atoms with van der Waals surface area (Å²) in [5, 5.41) is 0.319. The van der Waals surface area contributed by atoms with Gasteiger partial charge in [-0.15, -0.1) is 11.6 Å². The van der Waals surface area contributed by atoms with E-state index in [0.29, 0.717) is 11.5 Å². The number of ether oxygens (including phenoxy) is 1. The van der Waals surface area contributed by atoms with Crippen LogP contribution in [0.1, 0.15) is 24.8 Å². The summed E-state index contributed by atoms with van der Waals surface area (Å²) < 4.78 is 5.69. The van der Waals surface area contributed by atoms with Gasteiger partial charge in [0.05, 0.1) is 6.10 Å². The SMILES string of the molecule is Cl[C@H]1CCO[C@@H](CCc2ccccc2)C1. The predicted octanol–water partition coefficient (Wildman–Crippen LogP) is 3.41. The highest BCUT2D eigenvalue weighted by Gasteiger charge is 2.20. The van der Waals surface area contributed by atoms with Crippen molar-refractivity contribution in [2.24, 2.45) is 0 Å². The van der Waals surface area contributed by atoms with Crippen molar-refractivity contribution in [3.63, 3.8) is 0 Å². The van der Waals surface area contributed by atoms with Crippen molar-refractivity contribution in [3.8, 4) is 0 Å². The Bertz CT molecular complexity index is 286. The third-order valence-electron chi connectivity index (χ3n) is 2.90. The van der Waals surface area contributed by atoms with Gasteiger partial charge in [-0.3, -0.25) is 0 Å². The molecule has 1 nitrogen and oxygen atoms in total. The molecule has 1 aromatic rings. The van der Waals surface area contributed by atoms with Gasteiger partial charge >= 0.3 is 0 Å². The molecule has 1 aliphatic heterocycles. The molecule has 0 aromatic heterocycles. The van der Waals surface area contributed by atoms with Gasteiger partial charge < -0.3 is 4.74 Å². The topological polar surface area (TPSA) is 9.23 Å². The van der Waals surface area contributed by atoms with Crippen LogP contribution in [0.4, 0.5) is 0 Å². The Balaban J connectivity index is 1.78. The van der Waals surface area contributed by atoms with Crippen LogP contribution in [0.15, 0.2) is 30.3 Å². The Labute approximate surface area is 96.4 Å². The highest BCUT2D eigenvalue weighted by Crippen LogP contribution is 2.22. The Morgan fingerprint density at radius 3 is 2.80 bits per heavy atom. The van der Waals surface area contributed by atoms with E-state index in [1.54, 1.807) is 0 Å². The summed E-state index contributed by atoms with van der Waals surface area (Å²) in [7, 11) is 0. The van der Waals surface area contributed by atoms with Gasteiger partial charge in [-0.2, -0.15) is 0 Å². The van der Waals surface area contributed by atoms with E-state index in [1.807, 2.05) is 0 Å². The molecule has 0 bridgehead atoms. The third kappa shape index (κ3) is 3.51. The summed E-state index contributed by atoms with van der Waals surface area (Å²) in [6.07, 6.45) is 4.56. The van der Waals surface area contributed by atoms with Crippen molar-refractivity contribution in [1.82, 2.24) is 0 Å². The lowest BCUT2D eigenvalue weighted by atomic mass is 10.0. The number of alkyl halides is 1. The van der Waals surface area contributed by atoms with Crippen LogP contribution in [0.5, 0.6) is 0 Å². The second-order valence-electron chi connectivity index (χ2n) is 4.14. The highest BCUT2D eigenvalue weighted by atomic mass is 35.5. The largest absolute Gasteiger partial charge is 0.378 e. The second kappa shape index (κ2) is 5.53. The maximum Gasteiger partial charge on any atom is 0.0592 e. The van der Waals surface area contributed by atoms with E-state index in [9.17, 15) is 0 Å². The van der Waals surface area contributed by atoms with Crippen molar-refractivity contribution >= 4 is 11.6 Å². The predicted molar refractivity (Wildman–Crippen MR) is 63.4 cm³/mol. The van der Waals surface area contributed by atoms with E-state index in [4.69, 9.17) is 16.3 Å². The first-order chi connectivity index (χ1) is 7.34. The molecule has 0 spiro atoms. The van der Waals surface area contributed by atoms with E-state index >= 15 is 0 Å². The van der Waals surface area contributed by atoms with Crippen LogP contribution < -0.4 is 0 Å². The summed E-state index contributed by atoms with van der Waals surface area (Å²) in [4.78, 5) is 0. The molecular formula is C13H17ClO. The molecule has 1 heterocycles. The average molecular weight is 225 g/mol. The fourth-order valence-corrected chi connectivity index (χ4v) is 2.30. The number of benzene rings is 1. The minimum absolute atomic E-state index is 0.319. The molecule has 0 aliphatic carbocycles. The zero-order valence-electron chi connectivity index (χ0n) is 8.86. The first kappa shape index (κ1) is 11.0. The standard InChI is InChI=1S/C13H17ClO/c14-12-8-9-15-13(10-12)7-6-11-4-2-1-3-5-11/h1-5,12-13H,6-10H2/t12-,13-/m0/s1. The lowest BCUT2D eigenvalue weighted by Gasteiger charge is -2.26. The van der Waals surface area contributed by atoms with E-state index in [1.165, 1.54) is 5.56 Å². The first-order valence-electron chi connectivity index (χ1n) is 5.64. The molecule has 15 heavy (non-hydrogen) atoms. The quantitative estimate of drug-likeness (QED) is 0.715. The third-order valence-corrected chi connectivity index (χ3v) is 3.30. The molecule has 0 radical (unpaired) electrons. The molecule has 0 unspecified atom stereocenters. The monoisotopic (exact) mass is 224 g/mol. The number of hydrogen-bond donors (Lipinski definition) is 0. The Morgan fingerprint density at radius 2 is 2.07 bits per heavy atom. The summed E-state index contributed by atoms with van der Waals surface area (Å²) in [5.74, 6) is 0. The first-order valence-corrected chi connectivity index (χ1v) is 6.08. The molecule has 2 atom stereocenters. The van der Waals surface area contributed by atoms with Gasteiger partial charge in [-0.1, -0.05) is 30.3 Å². The Kier molecular flexibility index (Phi) is 4.04. The molecule has 0 N–H and O–H groups in total. The summed E-state index contributed by atoms with van der Waals surface area (Å²) in [6.45, 7) is 0.827. The summed E-state index contributed by atoms with van der Waals surface area (Å²) in [6, 6.07) is 10.6. The zero-order chi connectivity index (χ0) is 10.5. The lowest BCUT2D eigenvalue weighted by molar-refractivity contribution is 0.0133. The van der Waals surface area contributed by atoms with Crippen LogP contribution in [0, 0.1) is 0 Å². The Morgan fingerprint density at radius 1 is 1.27 bits per heavy atom. The maximum absolute atomic E-state index is 6.11. The Hall–Kier alpha value is -0.530. The average Bonchev–Trinajstić information content (AvgIpc) is 2.28. The van der Waals surface area contributed by atoms with E-state index in [2.05, 4.69) is 30.3 Å². The fourth-order valence-electron chi connectivity index (χ4n) is 2.01. The second-order valence-corrected chi connectivity index (χ2v) is 4.76. The van der Waals surface area contributed by atoms with Gasteiger partial charge in [0, 0.05) is 12.0 Å². The summed E-state index contributed by atoms with van der Waals surface area (Å²) >= 11 is 6.11. The van der Waals surface area contributed by atoms with Crippen molar-refractivity contribution < 1.29 is 4.74 Å². The molecule has 1 saturated heterocycles. The van der Waals surface area contributed by atoms with Crippen molar-refractivity contribution in [2.45, 2.75) is 37.2 Å². The van der Waals surface area contributed by atoms with E-state index in [0.717, 1.165) is 32.3 Å². The molecule has 2 heteroatoms. The number of rotatable bonds is 3. The minimum Gasteiger partial charge on any atom is -0.378 e. The van der Waals surface area contributed by atoms with Crippen LogP contribution in [0.3, 0.4) is 0 Å². The van der Waals surface area contributed by atoms with Crippen molar-refractivity contribution in [2.75, 3.05) is 6.61 Å². The van der Waals surface area contributed by atoms with Gasteiger partial charge in [0.1, 0.15) is 0 Å². The van der Waals surface area contributed by atoms with E-state index < -0.39 is 0 Å². The van der Waals surface area contributed by atoms with Gasteiger partial charge in [-0.25, -0.2) is 0 Å². The minimum atomic E-state index is 0.319. The normalized spacial score (nSPS) is 26.5. The smallest absolute Gasteiger partial charge is 0.0592 e. The van der Waals surface area contributed by atoms with E-state index in [-0.39, 0.29) is 0 Å². The van der Waals surface area contributed by atoms with Crippen LogP contribution in [-0.2, 0) is 11.2 Å². The number of hydrogen-bond acceptors (Lipinski definition) is 1. The molecule has 0 amide bonds. The zero-order valence-corrected chi connectivity index (χ0v) is 9.62. The van der Waals surface area contributed by atoms with Gasteiger partial charge in [0.2, 0.25) is 0 Å². The van der Waals surface area contributed by atoms with Crippen LogP contribution in [0.2, 0.25) is 0 Å². The van der Waals surface area contributed by atoms with Crippen LogP contribution in [0.25, 0.3) is 0 Å². The number of halogens is 1. The highest BCUT2D eigenvalue weighted by molar-refractivity contribution is 6.20. The molecule has 1 aromatic carbocycles. The van der Waals surface area contributed by atoms with Gasteiger partial charge in [0.15, 0.2) is 0 Å². The molecule has 1 fully saturated rings. The van der Waals surface area contributed by atoms with Gasteiger partial charge in [0.25, 0.3) is 0 Å². The summed E-state index contributed by atoms with van der Waals surface area (Å²) in [5.41, 5.74) is 1.39. The fraction of sp³-hybridized carbons (Fsp3) is 0.538. The van der Waals surface area contributed by atoms with Crippen LogP contribution >= 0.6 is 11.6 Å². The molecule has 1 aliphatic rings. The van der Waals surface area contributed by atoms with Crippen molar-refractivity contribution in [3.05, 3.63) is 35.9 Å². The molecule has 2 rings (SSSR count). The molecule has 0 saturated carbocycles. The maximum atomic E-state index is 6.11. The molecular weight excluding hydrogens is 208 g/mol. The van der Waals surface area contributed by atoms with Crippen molar-refractivity contribution in [1.29, 1.82) is 0 Å². The number of aryl methyl sites for hydroxylation is 1. The molecule has 82 valence electrons. The van der Waals surface area contributed by atoms with Crippen LogP contribution in [-0.4, -0.2) is 18.1 Å². The van der Waals surface area contributed by atoms with Gasteiger partial charge in [-0.05, 0) is 31.2 Å².